The third-order valence-corrected chi connectivity index (χ3v) is 8.68. The van der Waals surface area contributed by atoms with E-state index in [2.05, 4.69) is 10.3 Å². The molecule has 4 aromatic carbocycles. The summed E-state index contributed by atoms with van der Waals surface area (Å²) in [4.78, 5) is 29.0. The van der Waals surface area contributed by atoms with E-state index in [9.17, 15) is 22.4 Å². The first-order valence-electron chi connectivity index (χ1n) is 13.3. The van der Waals surface area contributed by atoms with Crippen molar-refractivity contribution in [1.82, 2.24) is 14.9 Å². The van der Waals surface area contributed by atoms with E-state index in [0.717, 1.165) is 16.1 Å². The smallest absolute Gasteiger partial charge is 0.331 e. The molecule has 0 saturated carbocycles. The summed E-state index contributed by atoms with van der Waals surface area (Å²) in [6, 6.07) is 21.6. The Balaban J connectivity index is 1.66. The normalized spacial score (nSPS) is 11.7. The Morgan fingerprint density at radius 1 is 0.977 bits per heavy atom. The molecule has 0 spiro atoms. The lowest BCUT2D eigenvalue weighted by molar-refractivity contribution is 0.0964. The molecule has 6 aromatic rings. The van der Waals surface area contributed by atoms with Crippen molar-refractivity contribution in [2.45, 2.75) is 6.92 Å². The lowest BCUT2D eigenvalue weighted by Crippen LogP contribution is -2.25. The van der Waals surface area contributed by atoms with Crippen molar-refractivity contribution >= 4 is 43.6 Å². The van der Waals surface area contributed by atoms with E-state index in [4.69, 9.17) is 4.42 Å². The van der Waals surface area contributed by atoms with Crippen LogP contribution in [-0.4, -0.2) is 44.2 Å². The fourth-order valence-electron chi connectivity index (χ4n) is 5.18. The molecular weight excluding hydrogens is 571 g/mol. The number of nitrogens with one attached hydrogen (secondary N) is 2. The van der Waals surface area contributed by atoms with E-state index >= 15 is 0 Å². The molecule has 0 unspecified atom stereocenters. The molecule has 0 aliphatic carbocycles. The number of carbonyl (C=O) groups excluding carboxylic acids is 1. The van der Waals surface area contributed by atoms with Crippen molar-refractivity contribution in [3.63, 3.8) is 0 Å². The monoisotopic (exact) mass is 598 g/mol. The number of aromatic nitrogens is 2. The number of hydrogen-bond donors (Lipinski definition) is 2. The van der Waals surface area contributed by atoms with Crippen LogP contribution in [0.5, 0.6) is 0 Å². The van der Waals surface area contributed by atoms with Crippen LogP contribution in [0, 0.1) is 12.7 Å². The first-order chi connectivity index (χ1) is 20.5. The summed E-state index contributed by atoms with van der Waals surface area (Å²) in [6.45, 7) is 1.96. The molecule has 2 heterocycles. The highest BCUT2D eigenvalue weighted by molar-refractivity contribution is 7.92. The van der Waals surface area contributed by atoms with Gasteiger partial charge in [-0.3, -0.25) is 13.7 Å². The Bertz CT molecular complexity index is 2210. The average Bonchev–Trinajstić information content (AvgIpc) is 3.52. The number of fused-ring (bicyclic) bond motifs is 2. The van der Waals surface area contributed by atoms with Gasteiger partial charge < -0.3 is 14.7 Å². The predicted molar refractivity (Wildman–Crippen MR) is 166 cm³/mol. The van der Waals surface area contributed by atoms with Gasteiger partial charge in [-0.25, -0.2) is 17.6 Å². The molecule has 218 valence electrons. The molecule has 2 N–H and O–H groups in total. The Kier molecular flexibility index (Phi) is 6.69. The maximum absolute atomic E-state index is 13.6. The lowest BCUT2D eigenvalue weighted by Gasteiger charge is -2.21. The molecule has 43 heavy (non-hydrogen) atoms. The minimum Gasteiger partial charge on any atom is -0.455 e. The van der Waals surface area contributed by atoms with Gasteiger partial charge in [-0.15, -0.1) is 0 Å². The van der Waals surface area contributed by atoms with Gasteiger partial charge in [-0.05, 0) is 55.0 Å². The van der Waals surface area contributed by atoms with E-state index in [1.54, 1.807) is 30.3 Å². The molecule has 0 atom stereocenters. The van der Waals surface area contributed by atoms with Gasteiger partial charge in [-0.1, -0.05) is 35.9 Å². The fraction of sp³-hybridized carbons (Fsp3) is 0.125. The van der Waals surface area contributed by atoms with Gasteiger partial charge in [0.2, 0.25) is 10.0 Å². The molecule has 1 amide bonds. The highest BCUT2D eigenvalue weighted by atomic mass is 32.2. The number of hydrogen-bond acceptors (Lipinski definition) is 5. The summed E-state index contributed by atoms with van der Waals surface area (Å²) in [7, 11) is -0.748. The first kappa shape index (κ1) is 28.0. The topological polar surface area (TPSA) is 117 Å². The zero-order valence-corrected chi connectivity index (χ0v) is 24.5. The van der Waals surface area contributed by atoms with Crippen molar-refractivity contribution in [3.8, 4) is 28.1 Å². The van der Waals surface area contributed by atoms with E-state index in [1.165, 1.54) is 42.9 Å². The molecule has 11 heteroatoms. The van der Waals surface area contributed by atoms with E-state index in [-0.39, 0.29) is 5.91 Å². The second kappa shape index (κ2) is 10.3. The molecule has 0 bridgehead atoms. The summed E-state index contributed by atoms with van der Waals surface area (Å²) >= 11 is 0. The molecular formula is C32H27FN4O5S. The number of nitrogens with zero attached hydrogens (tertiary/aromatic N) is 2. The van der Waals surface area contributed by atoms with Crippen LogP contribution in [0.4, 0.5) is 10.1 Å². The van der Waals surface area contributed by atoms with E-state index < -0.39 is 21.5 Å². The van der Waals surface area contributed by atoms with Crippen molar-refractivity contribution in [1.29, 1.82) is 0 Å². The van der Waals surface area contributed by atoms with Crippen LogP contribution in [0.25, 0.3) is 50.1 Å². The van der Waals surface area contributed by atoms with Crippen LogP contribution in [0.15, 0.2) is 88.1 Å². The zero-order chi connectivity index (χ0) is 30.6. The number of sulfonamides is 1. The summed E-state index contributed by atoms with van der Waals surface area (Å²) in [5, 5.41) is 3.17. The molecule has 9 nitrogen and oxygen atoms in total. The van der Waals surface area contributed by atoms with Gasteiger partial charge in [0, 0.05) is 36.7 Å². The highest BCUT2D eigenvalue weighted by Gasteiger charge is 2.26. The second-order valence-electron chi connectivity index (χ2n) is 10.3. The van der Waals surface area contributed by atoms with Crippen molar-refractivity contribution in [2.75, 3.05) is 24.7 Å². The number of carbonyl (C=O) groups is 1. The summed E-state index contributed by atoms with van der Waals surface area (Å²) < 4.78 is 48.0. The van der Waals surface area contributed by atoms with Gasteiger partial charge in [0.25, 0.3) is 5.91 Å². The standard InChI is InChI=1S/C32H27FN4O5S/c1-18-5-7-19(8-6-18)30-29(31(38)34-2)24-16-23(26(17-28(24)42-30)36(3)43(4,40)41)20-9-14-25-27(15-20)37(32(39)35-25)22-12-10-21(33)11-13-22/h5-17H,1-4H3,(H,34,38)(H,35,39). The van der Waals surface area contributed by atoms with E-state index in [1.807, 2.05) is 31.2 Å². The van der Waals surface area contributed by atoms with E-state index in [0.29, 0.717) is 61.4 Å². The number of aromatic amines is 1. The fourth-order valence-corrected chi connectivity index (χ4v) is 5.69. The van der Waals surface area contributed by atoms with Gasteiger partial charge in [0.05, 0.1) is 34.2 Å². The summed E-state index contributed by atoms with van der Waals surface area (Å²) in [6.07, 6.45) is 1.10. The van der Waals surface area contributed by atoms with Crippen LogP contribution >= 0.6 is 0 Å². The van der Waals surface area contributed by atoms with Crippen molar-refractivity contribution < 1.29 is 22.0 Å². The van der Waals surface area contributed by atoms with Gasteiger partial charge in [0.1, 0.15) is 17.2 Å². The largest absolute Gasteiger partial charge is 0.455 e. The maximum Gasteiger partial charge on any atom is 0.331 e. The Hall–Kier alpha value is -5.16. The first-order valence-corrected chi connectivity index (χ1v) is 15.2. The minimum atomic E-state index is -3.71. The maximum atomic E-state index is 13.6. The van der Waals surface area contributed by atoms with Crippen LogP contribution in [0.3, 0.4) is 0 Å². The predicted octanol–water partition coefficient (Wildman–Crippen LogP) is 5.60. The van der Waals surface area contributed by atoms with Gasteiger partial charge in [0.15, 0.2) is 0 Å². The molecule has 0 fully saturated rings. The number of furan rings is 1. The molecule has 0 aliphatic rings. The zero-order valence-electron chi connectivity index (χ0n) is 23.7. The van der Waals surface area contributed by atoms with Gasteiger partial charge >= 0.3 is 5.69 Å². The average molecular weight is 599 g/mol. The minimum absolute atomic E-state index is 0.308. The number of aryl methyl sites for hydroxylation is 1. The number of halogens is 1. The van der Waals surface area contributed by atoms with Crippen molar-refractivity contribution in [3.05, 3.63) is 106 Å². The number of anilines is 1. The molecule has 0 radical (unpaired) electrons. The van der Waals surface area contributed by atoms with Gasteiger partial charge in [-0.2, -0.15) is 0 Å². The number of benzene rings is 4. The number of rotatable bonds is 6. The second-order valence-corrected chi connectivity index (χ2v) is 12.3. The summed E-state index contributed by atoms with van der Waals surface area (Å²) in [5.74, 6) is -0.447. The quantitative estimate of drug-likeness (QED) is 0.259. The Morgan fingerprint density at radius 3 is 2.30 bits per heavy atom. The number of imidazole rings is 1. The van der Waals surface area contributed by atoms with Crippen LogP contribution in [0.1, 0.15) is 15.9 Å². The third kappa shape index (κ3) is 4.87. The lowest BCUT2D eigenvalue weighted by atomic mass is 9.98. The van der Waals surface area contributed by atoms with Crippen LogP contribution in [0.2, 0.25) is 0 Å². The Labute approximate surface area is 246 Å². The van der Waals surface area contributed by atoms with Crippen LogP contribution < -0.4 is 15.3 Å². The molecule has 6 rings (SSSR count). The van der Waals surface area contributed by atoms with Crippen molar-refractivity contribution in [2.24, 2.45) is 0 Å². The number of amides is 1. The Morgan fingerprint density at radius 2 is 1.65 bits per heavy atom. The highest BCUT2D eigenvalue weighted by Crippen LogP contribution is 2.41. The molecule has 0 aliphatic heterocycles. The van der Waals surface area contributed by atoms with Crippen LogP contribution in [-0.2, 0) is 10.0 Å². The molecule has 2 aromatic heterocycles. The molecule has 0 saturated heterocycles. The third-order valence-electron chi connectivity index (χ3n) is 7.49. The summed E-state index contributed by atoms with van der Waals surface area (Å²) in [5.41, 5.74) is 4.83. The number of H-pyrrole nitrogens is 1. The SMILES string of the molecule is CNC(=O)c1c(-c2ccc(C)cc2)oc2cc(N(C)S(C)(=O)=O)c(-c3ccc4[nH]c(=O)n(-c5ccc(F)cc5)c4c3)cc12.